The smallest absolute Gasteiger partial charge is 0.435 e. The SMILES string of the molecule is CCCCn1c(-c2ccccc2)nc(C(F)(F)F)c1CN(Cc1ccc(C(=O)OC)cc1)Cc1ccc2c(c1)OCO2. The van der Waals surface area contributed by atoms with Gasteiger partial charge in [-0.2, -0.15) is 13.2 Å². The molecule has 220 valence electrons. The van der Waals surface area contributed by atoms with E-state index in [9.17, 15) is 18.0 Å². The zero-order valence-corrected chi connectivity index (χ0v) is 23.5. The first kappa shape index (κ1) is 29.2. The van der Waals surface area contributed by atoms with Crippen LogP contribution in [0.15, 0.2) is 72.8 Å². The number of halogens is 3. The van der Waals surface area contributed by atoms with Crippen LogP contribution in [0, 0.1) is 0 Å². The van der Waals surface area contributed by atoms with Crippen LogP contribution in [0.4, 0.5) is 13.2 Å². The van der Waals surface area contributed by atoms with Crippen molar-refractivity contribution in [1.29, 1.82) is 0 Å². The molecule has 2 heterocycles. The number of carbonyl (C=O) groups excluding carboxylic acids is 1. The molecule has 0 saturated heterocycles. The standard InChI is InChI=1S/C32H32F3N3O4/c1-3-4-16-38-26(29(32(33,34)35)36-30(38)24-8-6-5-7-9-24)20-37(18-22-10-13-25(14-11-22)31(39)40-2)19-23-12-15-27-28(17-23)42-21-41-27/h5-15,17H,3-4,16,18-21H2,1-2H3. The van der Waals surface area contributed by atoms with Crippen LogP contribution in [-0.4, -0.2) is 34.3 Å². The van der Waals surface area contributed by atoms with E-state index in [1.54, 1.807) is 59.2 Å². The first-order valence-corrected chi connectivity index (χ1v) is 13.8. The van der Waals surface area contributed by atoms with Crippen molar-refractivity contribution in [2.45, 2.75) is 52.1 Å². The molecule has 4 aromatic rings. The lowest BCUT2D eigenvalue weighted by Crippen LogP contribution is -2.26. The van der Waals surface area contributed by atoms with Gasteiger partial charge in [-0.1, -0.05) is 61.9 Å². The molecule has 42 heavy (non-hydrogen) atoms. The van der Waals surface area contributed by atoms with E-state index in [1.807, 2.05) is 30.0 Å². The molecule has 1 aliphatic rings. The molecule has 1 aromatic heterocycles. The number of alkyl halides is 3. The van der Waals surface area contributed by atoms with Crippen molar-refractivity contribution in [2.75, 3.05) is 13.9 Å². The highest BCUT2D eigenvalue weighted by atomic mass is 19.4. The van der Waals surface area contributed by atoms with E-state index in [0.29, 0.717) is 54.5 Å². The number of benzene rings is 3. The third kappa shape index (κ3) is 6.60. The highest BCUT2D eigenvalue weighted by Gasteiger charge is 2.39. The van der Waals surface area contributed by atoms with Gasteiger partial charge in [0.1, 0.15) is 5.82 Å². The lowest BCUT2D eigenvalue weighted by Gasteiger charge is -2.25. The van der Waals surface area contributed by atoms with Crippen LogP contribution in [-0.2, 0) is 37.1 Å². The number of aromatic nitrogens is 2. The van der Waals surface area contributed by atoms with E-state index in [-0.39, 0.29) is 19.0 Å². The molecular formula is C32H32F3N3O4. The molecule has 3 aromatic carbocycles. The Balaban J connectivity index is 1.55. The number of ether oxygens (including phenoxy) is 3. The number of hydrogen-bond acceptors (Lipinski definition) is 6. The second-order valence-corrected chi connectivity index (χ2v) is 10.1. The lowest BCUT2D eigenvalue weighted by atomic mass is 10.1. The predicted octanol–water partition coefficient (Wildman–Crippen LogP) is 7.09. The van der Waals surface area contributed by atoms with Gasteiger partial charge in [0, 0.05) is 31.7 Å². The molecule has 0 unspecified atom stereocenters. The van der Waals surface area contributed by atoms with Gasteiger partial charge in [0.25, 0.3) is 0 Å². The summed E-state index contributed by atoms with van der Waals surface area (Å²) in [6.45, 7) is 3.20. The summed E-state index contributed by atoms with van der Waals surface area (Å²) in [7, 11) is 1.31. The van der Waals surface area contributed by atoms with Crippen LogP contribution in [0.25, 0.3) is 11.4 Å². The molecular weight excluding hydrogens is 547 g/mol. The van der Waals surface area contributed by atoms with E-state index in [1.165, 1.54) is 7.11 Å². The van der Waals surface area contributed by atoms with Gasteiger partial charge in [-0.05, 0) is 41.8 Å². The van der Waals surface area contributed by atoms with Crippen LogP contribution < -0.4 is 9.47 Å². The van der Waals surface area contributed by atoms with Gasteiger partial charge in [-0.3, -0.25) is 4.90 Å². The molecule has 7 nitrogen and oxygen atoms in total. The second-order valence-electron chi connectivity index (χ2n) is 10.1. The minimum Gasteiger partial charge on any atom is -0.465 e. The normalized spacial score (nSPS) is 12.6. The maximum absolute atomic E-state index is 14.5. The molecule has 0 spiro atoms. The van der Waals surface area contributed by atoms with E-state index in [0.717, 1.165) is 17.5 Å². The number of fused-ring (bicyclic) bond motifs is 1. The Bertz CT molecular complexity index is 1520. The summed E-state index contributed by atoms with van der Waals surface area (Å²) in [6, 6.07) is 21.4. The Kier molecular flexibility index (Phi) is 8.82. The first-order chi connectivity index (χ1) is 20.3. The molecule has 0 fully saturated rings. The van der Waals surface area contributed by atoms with Crippen LogP contribution >= 0.6 is 0 Å². The average Bonchev–Trinajstić information content (AvgIpc) is 3.61. The Morgan fingerprint density at radius 3 is 2.33 bits per heavy atom. The fraction of sp³-hybridized carbons (Fsp3) is 0.312. The van der Waals surface area contributed by atoms with E-state index < -0.39 is 17.8 Å². The third-order valence-electron chi connectivity index (χ3n) is 7.11. The Labute approximate surface area is 242 Å². The lowest BCUT2D eigenvalue weighted by molar-refractivity contribution is -0.141. The summed E-state index contributed by atoms with van der Waals surface area (Å²) in [4.78, 5) is 18.0. The molecule has 0 atom stereocenters. The van der Waals surface area contributed by atoms with Gasteiger partial charge in [-0.25, -0.2) is 9.78 Å². The number of imidazole rings is 1. The fourth-order valence-electron chi connectivity index (χ4n) is 5.04. The van der Waals surface area contributed by atoms with Gasteiger partial charge in [0.15, 0.2) is 17.2 Å². The molecule has 0 amide bonds. The first-order valence-electron chi connectivity index (χ1n) is 13.8. The van der Waals surface area contributed by atoms with Crippen molar-refractivity contribution in [2.24, 2.45) is 0 Å². The highest BCUT2D eigenvalue weighted by molar-refractivity contribution is 5.89. The molecule has 0 N–H and O–H groups in total. The zero-order chi connectivity index (χ0) is 29.7. The fourth-order valence-corrected chi connectivity index (χ4v) is 5.04. The number of rotatable bonds is 11. The van der Waals surface area contributed by atoms with Gasteiger partial charge < -0.3 is 18.8 Å². The summed E-state index contributed by atoms with van der Waals surface area (Å²) >= 11 is 0. The van der Waals surface area contributed by atoms with Crippen molar-refractivity contribution < 1.29 is 32.2 Å². The molecule has 0 radical (unpaired) electrons. The molecule has 10 heteroatoms. The summed E-state index contributed by atoms with van der Waals surface area (Å²) in [5, 5.41) is 0. The second kappa shape index (κ2) is 12.7. The molecule has 0 bridgehead atoms. The van der Waals surface area contributed by atoms with Crippen molar-refractivity contribution in [1.82, 2.24) is 14.5 Å². The van der Waals surface area contributed by atoms with Gasteiger partial charge in [-0.15, -0.1) is 0 Å². The number of hydrogen-bond donors (Lipinski definition) is 0. The number of nitrogens with zero attached hydrogens (tertiary/aromatic N) is 3. The Morgan fingerprint density at radius 2 is 1.64 bits per heavy atom. The Hall–Kier alpha value is -4.31. The number of esters is 1. The largest absolute Gasteiger partial charge is 0.465 e. The van der Waals surface area contributed by atoms with E-state index in [4.69, 9.17) is 14.2 Å². The molecule has 5 rings (SSSR count). The maximum atomic E-state index is 14.5. The highest BCUT2D eigenvalue weighted by Crippen LogP contribution is 2.37. The maximum Gasteiger partial charge on any atom is 0.435 e. The average molecular weight is 580 g/mol. The molecule has 0 saturated carbocycles. The van der Waals surface area contributed by atoms with Gasteiger partial charge in [0.2, 0.25) is 6.79 Å². The number of carbonyl (C=O) groups is 1. The predicted molar refractivity (Wildman–Crippen MR) is 151 cm³/mol. The van der Waals surface area contributed by atoms with Crippen LogP contribution in [0.3, 0.4) is 0 Å². The summed E-state index contributed by atoms with van der Waals surface area (Å²) in [6.07, 6.45) is -3.11. The molecule has 0 aliphatic carbocycles. The van der Waals surface area contributed by atoms with Crippen LogP contribution in [0.2, 0.25) is 0 Å². The summed E-state index contributed by atoms with van der Waals surface area (Å²) < 4.78 is 61.0. The van der Waals surface area contributed by atoms with Crippen molar-refractivity contribution in [3.05, 3.63) is 101 Å². The third-order valence-corrected chi connectivity index (χ3v) is 7.11. The van der Waals surface area contributed by atoms with Crippen molar-refractivity contribution >= 4 is 5.97 Å². The van der Waals surface area contributed by atoms with E-state index in [2.05, 4.69) is 4.98 Å². The quantitative estimate of drug-likeness (QED) is 0.177. The van der Waals surface area contributed by atoms with Gasteiger partial charge in [0.05, 0.1) is 18.4 Å². The zero-order valence-electron chi connectivity index (χ0n) is 23.5. The van der Waals surface area contributed by atoms with Crippen molar-refractivity contribution in [3.8, 4) is 22.9 Å². The summed E-state index contributed by atoms with van der Waals surface area (Å²) in [5.41, 5.74) is 1.96. The van der Waals surface area contributed by atoms with Crippen LogP contribution in [0.5, 0.6) is 11.5 Å². The summed E-state index contributed by atoms with van der Waals surface area (Å²) in [5.74, 6) is 1.08. The van der Waals surface area contributed by atoms with E-state index >= 15 is 0 Å². The van der Waals surface area contributed by atoms with Crippen LogP contribution in [0.1, 0.15) is 52.6 Å². The van der Waals surface area contributed by atoms with Gasteiger partial charge >= 0.3 is 12.1 Å². The minimum absolute atomic E-state index is 0.00835. The monoisotopic (exact) mass is 579 g/mol. The minimum atomic E-state index is -4.64. The number of methoxy groups -OCH3 is 1. The number of unbranched alkanes of at least 4 members (excludes halogenated alkanes) is 1. The molecule has 1 aliphatic heterocycles. The Morgan fingerprint density at radius 1 is 0.952 bits per heavy atom. The topological polar surface area (TPSA) is 65.8 Å². The van der Waals surface area contributed by atoms with Crippen molar-refractivity contribution in [3.63, 3.8) is 0 Å².